The van der Waals surface area contributed by atoms with Gasteiger partial charge in [0, 0.05) is 27.9 Å². The summed E-state index contributed by atoms with van der Waals surface area (Å²) in [4.78, 5) is 12.1. The number of carbonyl (C=O) groups excluding carboxylic acids is 1. The number of rotatable bonds is 4. The molecule has 4 aromatic rings. The number of amides is 2. The molecule has 3 aromatic carbocycles. The molecule has 9 heteroatoms. The van der Waals surface area contributed by atoms with Crippen LogP contribution in [0, 0.1) is 11.6 Å². The van der Waals surface area contributed by atoms with Crippen molar-refractivity contribution < 1.29 is 18.2 Å². The molecule has 6 nitrogen and oxygen atoms in total. The summed E-state index contributed by atoms with van der Waals surface area (Å²) in [6, 6.07) is 16.1. The predicted molar refractivity (Wildman–Crippen MR) is 109 cm³/mol. The van der Waals surface area contributed by atoms with Gasteiger partial charge < -0.3 is 10.6 Å². The van der Waals surface area contributed by atoms with E-state index in [9.17, 15) is 13.6 Å². The van der Waals surface area contributed by atoms with Gasteiger partial charge >= 0.3 is 6.03 Å². The third-order valence-electron chi connectivity index (χ3n) is 4.20. The highest BCUT2D eigenvalue weighted by atomic mass is 35.5. The molecular formula is C21H13ClF2N4O2. The van der Waals surface area contributed by atoms with Gasteiger partial charge in [-0.05, 0) is 46.7 Å². The summed E-state index contributed by atoms with van der Waals surface area (Å²) in [6.45, 7) is 0. The first-order valence-electron chi connectivity index (χ1n) is 8.71. The van der Waals surface area contributed by atoms with E-state index in [1.54, 1.807) is 48.5 Å². The first-order chi connectivity index (χ1) is 14.5. The topological polar surface area (TPSA) is 80.1 Å². The second-order valence-corrected chi connectivity index (χ2v) is 6.69. The number of anilines is 2. The standard InChI is InChI=1S/C21H13ClF2N4O2/c22-14-5-1-12(2-6-14)19-20(28-30-27-19)13-3-8-16(9-4-13)25-21(29)26-18-10-7-15(23)11-17(18)24/h1-11H,(H2,25,26,29). The smallest absolute Gasteiger partial charge is 0.308 e. The minimum atomic E-state index is -0.867. The maximum Gasteiger partial charge on any atom is 0.323 e. The molecule has 1 aromatic heterocycles. The number of aromatic nitrogens is 2. The van der Waals surface area contributed by atoms with Crippen LogP contribution in [0.3, 0.4) is 0 Å². The Kier molecular flexibility index (Phi) is 5.40. The van der Waals surface area contributed by atoms with E-state index < -0.39 is 17.7 Å². The number of nitrogens with one attached hydrogen (secondary N) is 2. The number of urea groups is 1. The Morgan fingerprint density at radius 3 is 2.03 bits per heavy atom. The van der Waals surface area contributed by atoms with Crippen LogP contribution in [0.25, 0.3) is 22.5 Å². The lowest BCUT2D eigenvalue weighted by atomic mass is 10.0. The Hall–Kier alpha value is -3.78. The van der Waals surface area contributed by atoms with Crippen LogP contribution in [-0.4, -0.2) is 16.3 Å². The number of carbonyl (C=O) groups is 1. The number of halogens is 3. The molecule has 1 heterocycles. The van der Waals surface area contributed by atoms with E-state index in [2.05, 4.69) is 20.9 Å². The van der Waals surface area contributed by atoms with Gasteiger partial charge in [0.25, 0.3) is 0 Å². The average Bonchev–Trinajstić information content (AvgIpc) is 3.21. The average molecular weight is 427 g/mol. The van der Waals surface area contributed by atoms with Gasteiger partial charge in [0.1, 0.15) is 23.0 Å². The molecule has 0 saturated carbocycles. The maximum atomic E-state index is 13.6. The van der Waals surface area contributed by atoms with Crippen LogP contribution in [0.1, 0.15) is 0 Å². The summed E-state index contributed by atoms with van der Waals surface area (Å²) in [6.07, 6.45) is 0. The van der Waals surface area contributed by atoms with Crippen LogP contribution in [0.4, 0.5) is 25.0 Å². The highest BCUT2D eigenvalue weighted by molar-refractivity contribution is 6.30. The molecule has 0 saturated heterocycles. The molecule has 2 N–H and O–H groups in total. The zero-order valence-electron chi connectivity index (χ0n) is 15.2. The Balaban J connectivity index is 1.48. The van der Waals surface area contributed by atoms with Crippen molar-refractivity contribution in [2.45, 2.75) is 0 Å². The van der Waals surface area contributed by atoms with Gasteiger partial charge in [-0.2, -0.15) is 0 Å². The van der Waals surface area contributed by atoms with E-state index in [-0.39, 0.29) is 5.69 Å². The Morgan fingerprint density at radius 2 is 1.43 bits per heavy atom. The SMILES string of the molecule is O=C(Nc1ccc(-c2nonc2-c2ccc(Cl)cc2)cc1)Nc1ccc(F)cc1F. The summed E-state index contributed by atoms with van der Waals surface area (Å²) in [5.41, 5.74) is 2.92. The second kappa shape index (κ2) is 8.30. The largest absolute Gasteiger partial charge is 0.323 e. The van der Waals surface area contributed by atoms with Crippen LogP contribution in [-0.2, 0) is 0 Å². The molecule has 0 radical (unpaired) electrons. The highest BCUT2D eigenvalue weighted by Gasteiger charge is 2.15. The van der Waals surface area contributed by atoms with E-state index in [0.29, 0.717) is 28.2 Å². The van der Waals surface area contributed by atoms with Crippen molar-refractivity contribution in [3.05, 3.63) is 83.4 Å². The van der Waals surface area contributed by atoms with Crippen LogP contribution < -0.4 is 10.6 Å². The van der Waals surface area contributed by atoms with Gasteiger partial charge in [-0.15, -0.1) is 0 Å². The Morgan fingerprint density at radius 1 is 0.833 bits per heavy atom. The molecule has 0 unspecified atom stereocenters. The summed E-state index contributed by atoms with van der Waals surface area (Å²) in [5.74, 6) is -1.59. The fourth-order valence-electron chi connectivity index (χ4n) is 2.76. The molecule has 0 aliphatic rings. The molecule has 4 rings (SSSR count). The van der Waals surface area contributed by atoms with E-state index in [1.165, 1.54) is 0 Å². The number of hydrogen-bond acceptors (Lipinski definition) is 4. The van der Waals surface area contributed by atoms with Gasteiger partial charge in [0.2, 0.25) is 0 Å². The van der Waals surface area contributed by atoms with Crippen LogP contribution >= 0.6 is 11.6 Å². The van der Waals surface area contributed by atoms with Crippen molar-refractivity contribution in [2.75, 3.05) is 10.6 Å². The number of benzene rings is 3. The van der Waals surface area contributed by atoms with Gasteiger partial charge in [0.05, 0.1) is 5.69 Å². The zero-order chi connectivity index (χ0) is 21.1. The van der Waals surface area contributed by atoms with E-state index in [0.717, 1.165) is 23.3 Å². The lowest BCUT2D eigenvalue weighted by molar-refractivity contribution is 0.262. The van der Waals surface area contributed by atoms with Crippen molar-refractivity contribution >= 4 is 29.0 Å². The predicted octanol–water partition coefficient (Wildman–Crippen LogP) is 5.98. The number of hydrogen-bond donors (Lipinski definition) is 2. The molecule has 0 bridgehead atoms. The minimum absolute atomic E-state index is 0.133. The molecule has 0 aliphatic carbocycles. The molecule has 0 atom stereocenters. The lowest BCUT2D eigenvalue weighted by Gasteiger charge is -2.09. The first-order valence-corrected chi connectivity index (χ1v) is 9.09. The zero-order valence-corrected chi connectivity index (χ0v) is 16.0. The monoisotopic (exact) mass is 426 g/mol. The second-order valence-electron chi connectivity index (χ2n) is 6.25. The van der Waals surface area contributed by atoms with Gasteiger partial charge in [-0.3, -0.25) is 0 Å². The molecule has 0 aliphatic heterocycles. The molecule has 150 valence electrons. The Labute approximate surface area is 174 Å². The Bertz CT molecular complexity index is 1190. The van der Waals surface area contributed by atoms with Crippen LogP contribution in [0.5, 0.6) is 0 Å². The molecule has 0 fully saturated rings. The van der Waals surface area contributed by atoms with E-state index in [4.69, 9.17) is 16.2 Å². The lowest BCUT2D eigenvalue weighted by Crippen LogP contribution is -2.20. The molecule has 0 spiro atoms. The summed E-state index contributed by atoms with van der Waals surface area (Å²) < 4.78 is 31.5. The number of nitrogens with zero attached hydrogens (tertiary/aromatic N) is 2. The van der Waals surface area contributed by atoms with Gasteiger partial charge in [0.15, 0.2) is 0 Å². The van der Waals surface area contributed by atoms with Crippen LogP contribution in [0.15, 0.2) is 71.4 Å². The third kappa shape index (κ3) is 4.28. The minimum Gasteiger partial charge on any atom is -0.308 e. The van der Waals surface area contributed by atoms with Crippen LogP contribution in [0.2, 0.25) is 5.02 Å². The van der Waals surface area contributed by atoms with Crippen molar-refractivity contribution in [2.24, 2.45) is 0 Å². The summed E-state index contributed by atoms with van der Waals surface area (Å²) in [5, 5.41) is 13.4. The van der Waals surface area contributed by atoms with Crippen molar-refractivity contribution in [3.63, 3.8) is 0 Å². The van der Waals surface area contributed by atoms with E-state index in [1.807, 2.05) is 0 Å². The van der Waals surface area contributed by atoms with Crippen molar-refractivity contribution in [1.29, 1.82) is 0 Å². The quantitative estimate of drug-likeness (QED) is 0.420. The summed E-state index contributed by atoms with van der Waals surface area (Å²) >= 11 is 5.92. The molecule has 30 heavy (non-hydrogen) atoms. The fourth-order valence-corrected chi connectivity index (χ4v) is 2.89. The fraction of sp³-hybridized carbons (Fsp3) is 0. The van der Waals surface area contributed by atoms with E-state index >= 15 is 0 Å². The third-order valence-corrected chi connectivity index (χ3v) is 4.45. The maximum absolute atomic E-state index is 13.6. The summed E-state index contributed by atoms with van der Waals surface area (Å²) in [7, 11) is 0. The van der Waals surface area contributed by atoms with Crippen molar-refractivity contribution in [1.82, 2.24) is 10.3 Å². The highest BCUT2D eigenvalue weighted by Crippen LogP contribution is 2.30. The van der Waals surface area contributed by atoms with Gasteiger partial charge in [-0.1, -0.05) is 35.9 Å². The van der Waals surface area contributed by atoms with Crippen molar-refractivity contribution in [3.8, 4) is 22.5 Å². The molecular weight excluding hydrogens is 414 g/mol. The molecule has 2 amide bonds. The normalized spacial score (nSPS) is 10.6. The van der Waals surface area contributed by atoms with Gasteiger partial charge in [-0.25, -0.2) is 18.2 Å². The first kappa shape index (κ1) is 19.5.